The number of imide groups is 1. The van der Waals surface area contributed by atoms with Crippen molar-refractivity contribution in [3.63, 3.8) is 0 Å². The third-order valence-corrected chi connectivity index (χ3v) is 8.91. The highest BCUT2D eigenvalue weighted by Gasteiger charge is 2.57. The Kier molecular flexibility index (Phi) is 8.71. The highest BCUT2D eigenvalue weighted by molar-refractivity contribution is 6.58. The summed E-state index contributed by atoms with van der Waals surface area (Å²) in [4.78, 5) is 33.1. The van der Waals surface area contributed by atoms with Crippen LogP contribution in [0.1, 0.15) is 30.5 Å². The summed E-state index contributed by atoms with van der Waals surface area (Å²) in [6.07, 6.45) is 3.61. The number of carbonyl (C=O) groups excluding carboxylic acids is 2. The number of anilines is 1. The molecule has 45 heavy (non-hydrogen) atoms. The molecule has 0 saturated carbocycles. The monoisotopic (exact) mass is 612 g/mol. The van der Waals surface area contributed by atoms with Crippen molar-refractivity contribution in [2.75, 3.05) is 11.5 Å². The van der Waals surface area contributed by atoms with Gasteiger partial charge in [-0.3, -0.25) is 19.5 Å². The Labute approximate surface area is 259 Å². The number of rotatable bonds is 8. The smallest absolute Gasteiger partial charge is 0.488 e. The van der Waals surface area contributed by atoms with E-state index in [1.165, 1.54) is 30.3 Å². The number of fused-ring (bicyclic) bond motifs is 3. The summed E-state index contributed by atoms with van der Waals surface area (Å²) in [5, 5.41) is 50.2. The molecule has 2 amide bonds. The molecule has 2 saturated heterocycles. The predicted octanol–water partition coefficient (Wildman–Crippen LogP) is 1.92. The number of benzene rings is 2. The highest BCUT2D eigenvalue weighted by atomic mass is 19.1. The summed E-state index contributed by atoms with van der Waals surface area (Å²) in [7, 11) is -3.00. The molecule has 10 nitrogen and oxygen atoms in total. The van der Waals surface area contributed by atoms with E-state index in [1.807, 2.05) is 12.1 Å². The van der Waals surface area contributed by atoms with Gasteiger partial charge in [0.05, 0.1) is 35.9 Å². The minimum atomic E-state index is -1.78. The Morgan fingerprint density at radius 1 is 1.09 bits per heavy atom. The Hall–Kier alpha value is -4.13. The number of aromatic nitrogens is 1. The van der Waals surface area contributed by atoms with Gasteiger partial charge in [0, 0.05) is 6.20 Å². The quantitative estimate of drug-likeness (QED) is 0.146. The third kappa shape index (κ3) is 5.97. The van der Waals surface area contributed by atoms with Crippen LogP contribution in [0.5, 0.6) is 5.75 Å². The van der Waals surface area contributed by atoms with E-state index in [9.17, 15) is 39.3 Å². The predicted molar refractivity (Wildman–Crippen MR) is 165 cm³/mol. The molecule has 0 unspecified atom stereocenters. The lowest BCUT2D eigenvalue weighted by Gasteiger charge is -2.42. The van der Waals surface area contributed by atoms with Gasteiger partial charge in [0.2, 0.25) is 11.8 Å². The van der Waals surface area contributed by atoms with Gasteiger partial charge in [-0.05, 0) is 102 Å². The molecule has 230 valence electrons. The van der Waals surface area contributed by atoms with Gasteiger partial charge in [-0.1, -0.05) is 24.3 Å². The normalized spacial score (nSPS) is 23.4. The molecule has 0 bridgehead atoms. The molecule has 5 N–H and O–H groups in total. The second-order valence-electron chi connectivity index (χ2n) is 11.6. The summed E-state index contributed by atoms with van der Waals surface area (Å²) in [5.41, 5.74) is 3.53. The molecule has 0 radical (unpaired) electrons. The largest absolute Gasteiger partial charge is 0.505 e. The fraction of sp³-hybridized carbons (Fsp3) is 0.281. The fourth-order valence-corrected chi connectivity index (χ4v) is 6.92. The number of aliphatic hydroxyl groups excluding tert-OH is 1. The molecule has 4 atom stereocenters. The van der Waals surface area contributed by atoms with Gasteiger partial charge >= 0.3 is 14.2 Å². The van der Waals surface area contributed by atoms with Crippen molar-refractivity contribution in [2.45, 2.75) is 31.7 Å². The van der Waals surface area contributed by atoms with E-state index >= 15 is 0 Å². The van der Waals surface area contributed by atoms with Crippen LogP contribution in [0, 0.1) is 23.6 Å². The maximum atomic E-state index is 14.1. The number of phenolic OH excluding ortho intramolecular Hbond substituents is 1. The molecule has 2 fully saturated rings. The summed E-state index contributed by atoms with van der Waals surface area (Å²) >= 11 is 0. The van der Waals surface area contributed by atoms with Crippen LogP contribution >= 0.6 is 0 Å². The van der Waals surface area contributed by atoms with Crippen LogP contribution in [0.15, 0.2) is 78.0 Å². The van der Waals surface area contributed by atoms with Gasteiger partial charge < -0.3 is 29.9 Å². The van der Waals surface area contributed by atoms with Crippen molar-refractivity contribution in [1.82, 2.24) is 4.98 Å². The Morgan fingerprint density at radius 3 is 2.62 bits per heavy atom. The van der Waals surface area contributed by atoms with E-state index in [0.717, 1.165) is 10.5 Å². The molecule has 2 aliphatic heterocycles. The Morgan fingerprint density at radius 2 is 1.91 bits per heavy atom. The first-order valence-electron chi connectivity index (χ1n) is 14.8. The average Bonchev–Trinajstić information content (AvgIpc) is 3.29. The number of aromatic hydroxyl groups is 1. The highest BCUT2D eigenvalue weighted by Crippen LogP contribution is 2.51. The molecular weight excluding hydrogens is 581 g/mol. The molecule has 1 aliphatic carbocycles. The first kappa shape index (κ1) is 30.9. The SMILES string of the molecule is O=C1[C@@H]2[C@@H](CC(CO)=C3[C@@H](CC/C(=C/c4ccc(O)c(F)c4)c4ccccn4)OB(O)C[C@@H]32)C(=O)N1c1cccc(B(O)O)c1. The van der Waals surface area contributed by atoms with Crippen LogP contribution in [0.4, 0.5) is 10.1 Å². The van der Waals surface area contributed by atoms with Gasteiger partial charge in [-0.15, -0.1) is 0 Å². The molecule has 3 aromatic rings. The van der Waals surface area contributed by atoms with Crippen molar-refractivity contribution < 1.29 is 43.9 Å². The Balaban J connectivity index is 1.31. The topological polar surface area (TPSA) is 161 Å². The zero-order chi connectivity index (χ0) is 31.8. The Bertz CT molecular complexity index is 1680. The zero-order valence-electron chi connectivity index (χ0n) is 24.2. The number of carbonyl (C=O) groups is 2. The van der Waals surface area contributed by atoms with E-state index in [4.69, 9.17) is 4.65 Å². The van der Waals surface area contributed by atoms with Crippen LogP contribution in [0.2, 0.25) is 6.32 Å². The summed E-state index contributed by atoms with van der Waals surface area (Å²) < 4.78 is 20.1. The second-order valence-corrected chi connectivity index (χ2v) is 11.6. The van der Waals surface area contributed by atoms with Gasteiger partial charge in [0.15, 0.2) is 11.6 Å². The van der Waals surface area contributed by atoms with E-state index in [2.05, 4.69) is 4.98 Å². The van der Waals surface area contributed by atoms with E-state index in [1.54, 1.807) is 30.5 Å². The van der Waals surface area contributed by atoms with Crippen LogP contribution in [-0.2, 0) is 14.2 Å². The lowest BCUT2D eigenvalue weighted by atomic mass is 9.58. The van der Waals surface area contributed by atoms with Gasteiger partial charge in [0.25, 0.3) is 0 Å². The second kappa shape index (κ2) is 12.7. The maximum absolute atomic E-state index is 14.1. The van der Waals surface area contributed by atoms with Crippen molar-refractivity contribution in [1.29, 1.82) is 0 Å². The summed E-state index contributed by atoms with van der Waals surface area (Å²) in [5.74, 6) is -4.24. The van der Waals surface area contributed by atoms with Crippen LogP contribution in [0.25, 0.3) is 11.6 Å². The average molecular weight is 612 g/mol. The zero-order valence-corrected chi connectivity index (χ0v) is 24.2. The minimum Gasteiger partial charge on any atom is -0.505 e. The molecule has 0 spiro atoms. The number of amides is 2. The van der Waals surface area contributed by atoms with Crippen molar-refractivity contribution in [3.8, 4) is 5.75 Å². The van der Waals surface area contributed by atoms with Crippen molar-refractivity contribution >= 4 is 48.9 Å². The maximum Gasteiger partial charge on any atom is 0.488 e. The minimum absolute atomic E-state index is 0.0640. The first-order chi connectivity index (χ1) is 21.7. The number of nitrogens with zero attached hydrogens (tertiary/aromatic N) is 2. The van der Waals surface area contributed by atoms with E-state index in [0.29, 0.717) is 35.2 Å². The number of hydrogen-bond acceptors (Lipinski definition) is 9. The summed E-state index contributed by atoms with van der Waals surface area (Å²) in [6, 6.07) is 15.4. The fourth-order valence-electron chi connectivity index (χ4n) is 6.92. The molecule has 3 heterocycles. The van der Waals surface area contributed by atoms with Crippen molar-refractivity contribution in [2.24, 2.45) is 17.8 Å². The van der Waals surface area contributed by atoms with Crippen LogP contribution < -0.4 is 10.4 Å². The number of hydrogen-bond donors (Lipinski definition) is 5. The van der Waals surface area contributed by atoms with E-state index in [-0.39, 0.29) is 30.5 Å². The molecule has 3 aliphatic rings. The molecule has 13 heteroatoms. The van der Waals surface area contributed by atoms with Gasteiger partial charge in [0.1, 0.15) is 0 Å². The summed E-state index contributed by atoms with van der Waals surface area (Å²) in [6.45, 7) is -0.353. The number of aliphatic hydroxyl groups is 1. The molecule has 2 aromatic carbocycles. The molecule has 1 aromatic heterocycles. The number of allylic oxidation sites excluding steroid dienone is 1. The van der Waals surface area contributed by atoms with Crippen LogP contribution in [0.3, 0.4) is 0 Å². The lowest BCUT2D eigenvalue weighted by Crippen LogP contribution is -2.46. The number of halogens is 1. The molecule has 6 rings (SSSR count). The van der Waals surface area contributed by atoms with Crippen LogP contribution in [-0.4, -0.2) is 69.0 Å². The molecular formula is C32H31B2FN2O8. The third-order valence-electron chi connectivity index (χ3n) is 8.91. The van der Waals surface area contributed by atoms with Crippen molar-refractivity contribution in [3.05, 3.63) is 95.1 Å². The first-order valence-corrected chi connectivity index (χ1v) is 14.8. The van der Waals surface area contributed by atoms with Gasteiger partial charge in [-0.2, -0.15) is 0 Å². The number of pyridine rings is 1. The van der Waals surface area contributed by atoms with Gasteiger partial charge in [-0.25, -0.2) is 4.39 Å². The van der Waals surface area contributed by atoms with E-state index < -0.39 is 61.5 Å². The number of phenols is 1. The standard InChI is InChI=1S/C32H31B2FN2O8/c35-25-13-18(7-9-27(25)39)12-19(26-6-1-2-11-36-26)8-10-28-29-20(17-38)14-23-30(24(29)16-33(42)45-28)32(41)37(31(23)40)22-5-3-4-21(15-22)34(43)44/h1-7,9,11-13,15,23-24,28,30,38-39,42-44H,8,10,14,16-17H2/b19-12-/t23-,24+,28-,30-/m1/s1. The lowest BCUT2D eigenvalue weighted by molar-refractivity contribution is -0.122.